The SMILES string of the molecule is CCCCC(OC(C)=O)/C(=C/CCSCc1ccccc1)CCCC(C(=O)OC)C(=O)OC. The summed E-state index contributed by atoms with van der Waals surface area (Å²) in [6.45, 7) is 3.53. The molecule has 1 unspecified atom stereocenters. The van der Waals surface area contributed by atoms with Gasteiger partial charge in [-0.1, -0.05) is 49.8 Å². The standard InChI is InChI=1S/C26H38O6S/c1-5-6-17-24(32-20(2)27)22(14-10-16-23(25(28)30-3)26(29)31-4)15-11-18-33-19-21-12-8-7-9-13-21/h7-9,12-13,15,23-24H,5-6,10-11,14,16-19H2,1-4H3/b22-15+. The Bertz CT molecular complexity index is 730. The quantitative estimate of drug-likeness (QED) is 0.102. The largest absolute Gasteiger partial charge is 0.468 e. The molecule has 0 radical (unpaired) electrons. The van der Waals surface area contributed by atoms with Crippen LogP contribution in [0.4, 0.5) is 0 Å². The lowest BCUT2D eigenvalue weighted by atomic mass is 9.94. The van der Waals surface area contributed by atoms with Crippen LogP contribution < -0.4 is 0 Å². The van der Waals surface area contributed by atoms with Gasteiger partial charge in [-0.2, -0.15) is 11.8 Å². The highest BCUT2D eigenvalue weighted by molar-refractivity contribution is 7.98. The molecular weight excluding hydrogens is 440 g/mol. The van der Waals surface area contributed by atoms with Crippen LogP contribution in [0, 0.1) is 5.92 Å². The Morgan fingerprint density at radius 2 is 1.67 bits per heavy atom. The first-order chi connectivity index (χ1) is 15.9. The molecule has 6 nitrogen and oxygen atoms in total. The molecule has 1 atom stereocenters. The summed E-state index contributed by atoms with van der Waals surface area (Å²) in [5.41, 5.74) is 2.34. The van der Waals surface area contributed by atoms with Crippen LogP contribution in [0.1, 0.15) is 64.4 Å². The zero-order valence-corrected chi connectivity index (χ0v) is 21.2. The first-order valence-corrected chi connectivity index (χ1v) is 12.7. The lowest BCUT2D eigenvalue weighted by Gasteiger charge is -2.21. The maximum absolute atomic E-state index is 12.0. The van der Waals surface area contributed by atoms with Gasteiger partial charge in [-0.15, -0.1) is 0 Å². The van der Waals surface area contributed by atoms with Gasteiger partial charge < -0.3 is 14.2 Å². The Hall–Kier alpha value is -2.28. The van der Waals surface area contributed by atoms with Crippen LogP contribution in [0.25, 0.3) is 0 Å². The number of esters is 3. The predicted octanol–water partition coefficient (Wildman–Crippen LogP) is 5.49. The van der Waals surface area contributed by atoms with E-state index in [4.69, 9.17) is 14.2 Å². The normalized spacial score (nSPS) is 12.3. The molecule has 33 heavy (non-hydrogen) atoms. The fraction of sp³-hybridized carbons (Fsp3) is 0.577. The van der Waals surface area contributed by atoms with Crippen LogP contribution in [0.15, 0.2) is 42.0 Å². The van der Waals surface area contributed by atoms with Gasteiger partial charge in [0.1, 0.15) is 6.10 Å². The number of ether oxygens (including phenoxy) is 3. The van der Waals surface area contributed by atoms with E-state index in [2.05, 4.69) is 25.1 Å². The summed E-state index contributed by atoms with van der Waals surface area (Å²) in [5, 5.41) is 0. The van der Waals surface area contributed by atoms with E-state index in [-0.39, 0.29) is 12.1 Å². The lowest BCUT2D eigenvalue weighted by molar-refractivity contribution is -0.159. The van der Waals surface area contributed by atoms with Crippen molar-refractivity contribution in [3.8, 4) is 0 Å². The number of carbonyl (C=O) groups is 3. The number of allylic oxidation sites excluding steroid dienone is 1. The highest BCUT2D eigenvalue weighted by Crippen LogP contribution is 2.24. The molecule has 0 heterocycles. The van der Waals surface area contributed by atoms with Crippen LogP contribution in [0.3, 0.4) is 0 Å². The fourth-order valence-corrected chi connectivity index (χ4v) is 4.38. The van der Waals surface area contributed by atoms with Crippen molar-refractivity contribution in [2.45, 2.75) is 70.7 Å². The van der Waals surface area contributed by atoms with Gasteiger partial charge in [0.15, 0.2) is 5.92 Å². The molecule has 0 aliphatic rings. The van der Waals surface area contributed by atoms with Gasteiger partial charge in [0.2, 0.25) is 0 Å². The molecule has 1 aromatic rings. The minimum absolute atomic E-state index is 0.281. The Balaban J connectivity index is 2.79. The molecule has 0 aliphatic carbocycles. The average Bonchev–Trinajstić information content (AvgIpc) is 2.82. The number of carbonyl (C=O) groups excluding carboxylic acids is 3. The highest BCUT2D eigenvalue weighted by Gasteiger charge is 2.28. The van der Waals surface area contributed by atoms with E-state index in [9.17, 15) is 14.4 Å². The van der Waals surface area contributed by atoms with Crippen molar-refractivity contribution >= 4 is 29.7 Å². The Morgan fingerprint density at radius 1 is 1.00 bits per heavy atom. The number of unbranched alkanes of at least 4 members (excludes halogenated alkanes) is 1. The Labute approximate surface area is 202 Å². The predicted molar refractivity (Wildman–Crippen MR) is 132 cm³/mol. The van der Waals surface area contributed by atoms with Crippen LogP contribution in [-0.2, 0) is 34.3 Å². The second-order valence-corrected chi connectivity index (χ2v) is 8.94. The molecule has 0 fully saturated rings. The minimum Gasteiger partial charge on any atom is -0.468 e. The van der Waals surface area contributed by atoms with E-state index in [1.165, 1.54) is 26.7 Å². The third-order valence-electron chi connectivity index (χ3n) is 5.25. The molecule has 184 valence electrons. The summed E-state index contributed by atoms with van der Waals surface area (Å²) in [6.07, 6.45) is 6.99. The van der Waals surface area contributed by atoms with E-state index in [1.807, 2.05) is 30.0 Å². The molecule has 0 N–H and O–H groups in total. The highest BCUT2D eigenvalue weighted by atomic mass is 32.2. The molecule has 7 heteroatoms. The molecule has 0 spiro atoms. The molecular formula is C26H38O6S. The lowest BCUT2D eigenvalue weighted by Crippen LogP contribution is -2.26. The molecule has 1 rings (SSSR count). The van der Waals surface area contributed by atoms with Crippen molar-refractivity contribution in [3.63, 3.8) is 0 Å². The van der Waals surface area contributed by atoms with E-state index in [0.717, 1.165) is 42.8 Å². The first-order valence-electron chi connectivity index (χ1n) is 11.6. The van der Waals surface area contributed by atoms with Crippen LogP contribution in [-0.4, -0.2) is 44.0 Å². The second kappa shape index (κ2) is 17.2. The maximum atomic E-state index is 12.0. The minimum atomic E-state index is -0.939. The van der Waals surface area contributed by atoms with Crippen molar-refractivity contribution in [2.24, 2.45) is 5.92 Å². The van der Waals surface area contributed by atoms with Crippen molar-refractivity contribution in [1.82, 2.24) is 0 Å². The van der Waals surface area contributed by atoms with Crippen molar-refractivity contribution in [1.29, 1.82) is 0 Å². The number of hydrogen-bond acceptors (Lipinski definition) is 7. The Kier molecular flexibility index (Phi) is 15.0. The summed E-state index contributed by atoms with van der Waals surface area (Å²) < 4.78 is 15.1. The van der Waals surface area contributed by atoms with Crippen LogP contribution in [0.5, 0.6) is 0 Å². The first kappa shape index (κ1) is 28.8. The van der Waals surface area contributed by atoms with Gasteiger partial charge in [-0.3, -0.25) is 14.4 Å². The molecule has 0 saturated heterocycles. The summed E-state index contributed by atoms with van der Waals surface area (Å²) in [6, 6.07) is 10.3. The van der Waals surface area contributed by atoms with E-state index in [1.54, 1.807) is 0 Å². The Morgan fingerprint density at radius 3 is 2.24 bits per heavy atom. The second-order valence-electron chi connectivity index (χ2n) is 7.84. The third kappa shape index (κ3) is 11.9. The fourth-order valence-electron chi connectivity index (χ4n) is 3.52. The molecule has 0 aromatic heterocycles. The van der Waals surface area contributed by atoms with Crippen LogP contribution >= 0.6 is 11.8 Å². The van der Waals surface area contributed by atoms with Gasteiger partial charge in [-0.05, 0) is 55.4 Å². The molecule has 0 bridgehead atoms. The van der Waals surface area contributed by atoms with Crippen molar-refractivity contribution < 1.29 is 28.6 Å². The van der Waals surface area contributed by atoms with Crippen molar-refractivity contribution in [2.75, 3.05) is 20.0 Å². The summed E-state index contributed by atoms with van der Waals surface area (Å²) >= 11 is 1.86. The zero-order chi connectivity index (χ0) is 24.5. The van der Waals surface area contributed by atoms with Gasteiger partial charge in [0.05, 0.1) is 14.2 Å². The summed E-state index contributed by atoms with van der Waals surface area (Å²) in [5.74, 6) is -0.522. The summed E-state index contributed by atoms with van der Waals surface area (Å²) in [7, 11) is 2.52. The van der Waals surface area contributed by atoms with E-state index in [0.29, 0.717) is 19.3 Å². The zero-order valence-electron chi connectivity index (χ0n) is 20.3. The summed E-state index contributed by atoms with van der Waals surface area (Å²) in [4.78, 5) is 35.6. The number of rotatable bonds is 16. The van der Waals surface area contributed by atoms with Gasteiger partial charge >= 0.3 is 17.9 Å². The number of benzene rings is 1. The van der Waals surface area contributed by atoms with E-state index < -0.39 is 17.9 Å². The van der Waals surface area contributed by atoms with Crippen LogP contribution in [0.2, 0.25) is 0 Å². The monoisotopic (exact) mass is 478 g/mol. The van der Waals surface area contributed by atoms with Gasteiger partial charge in [0, 0.05) is 12.7 Å². The maximum Gasteiger partial charge on any atom is 0.320 e. The number of hydrogen-bond donors (Lipinski definition) is 0. The number of thioether (sulfide) groups is 1. The van der Waals surface area contributed by atoms with E-state index >= 15 is 0 Å². The topological polar surface area (TPSA) is 78.9 Å². The van der Waals surface area contributed by atoms with Gasteiger partial charge in [0.25, 0.3) is 0 Å². The molecule has 0 aliphatic heterocycles. The van der Waals surface area contributed by atoms with Gasteiger partial charge in [-0.25, -0.2) is 0 Å². The van der Waals surface area contributed by atoms with Crippen molar-refractivity contribution in [3.05, 3.63) is 47.5 Å². The average molecular weight is 479 g/mol. The third-order valence-corrected chi connectivity index (χ3v) is 6.31. The number of methoxy groups -OCH3 is 2. The smallest absolute Gasteiger partial charge is 0.320 e. The molecule has 1 aromatic carbocycles. The molecule has 0 saturated carbocycles. The molecule has 0 amide bonds.